The molecule has 0 aliphatic heterocycles. The highest BCUT2D eigenvalue weighted by Crippen LogP contribution is 2.60. The molecule has 1 aliphatic carbocycles. The Morgan fingerprint density at radius 3 is 2.29 bits per heavy atom. The molecule has 108 valence electrons. The molecule has 1 aliphatic rings. The minimum Gasteiger partial charge on any atom is -0.316 e. The molecule has 21 heavy (non-hydrogen) atoms. The maximum atomic E-state index is 11.4. The van der Waals surface area contributed by atoms with Crippen LogP contribution in [-0.4, -0.2) is 13.0 Å². The van der Waals surface area contributed by atoms with E-state index >= 15 is 0 Å². The quantitative estimate of drug-likeness (QED) is 0.828. The van der Waals surface area contributed by atoms with Crippen LogP contribution in [0.3, 0.4) is 0 Å². The monoisotopic (exact) mass is 279 g/mol. The molecule has 0 aromatic heterocycles. The molecule has 0 bridgehead atoms. The van der Waals surface area contributed by atoms with Gasteiger partial charge in [0, 0.05) is 19.7 Å². The van der Waals surface area contributed by atoms with Crippen molar-refractivity contribution in [1.82, 2.24) is 0 Å². The predicted octanol–water partition coefficient (Wildman–Crippen LogP) is 4.11. The van der Waals surface area contributed by atoms with Gasteiger partial charge >= 0.3 is 0 Å². The first-order chi connectivity index (χ1) is 10.0. The van der Waals surface area contributed by atoms with Gasteiger partial charge in [-0.3, -0.25) is 4.79 Å². The van der Waals surface area contributed by atoms with Gasteiger partial charge in [-0.15, -0.1) is 0 Å². The second-order valence-corrected chi connectivity index (χ2v) is 6.21. The Morgan fingerprint density at radius 1 is 1.10 bits per heavy atom. The predicted molar refractivity (Wildman–Crippen MR) is 86.7 cm³/mol. The number of hydrogen-bond acceptors (Lipinski definition) is 1. The van der Waals surface area contributed by atoms with Crippen molar-refractivity contribution in [1.29, 1.82) is 0 Å². The molecule has 2 aromatic carbocycles. The third-order valence-corrected chi connectivity index (χ3v) is 4.83. The van der Waals surface area contributed by atoms with E-state index in [9.17, 15) is 4.79 Å². The molecule has 3 rings (SSSR count). The zero-order chi connectivity index (χ0) is 15.0. The molecule has 0 radical (unpaired) electrons. The molecule has 2 aromatic rings. The Balaban J connectivity index is 1.81. The van der Waals surface area contributed by atoms with Crippen molar-refractivity contribution in [2.75, 3.05) is 11.9 Å². The van der Waals surface area contributed by atoms with Crippen molar-refractivity contribution in [3.05, 3.63) is 65.7 Å². The summed E-state index contributed by atoms with van der Waals surface area (Å²) in [6.45, 7) is 3.91. The third-order valence-electron chi connectivity index (χ3n) is 4.83. The van der Waals surface area contributed by atoms with Crippen LogP contribution in [0.4, 0.5) is 5.69 Å². The molecule has 1 amide bonds. The standard InChI is InChI=1S/C19H21NO/c1-14(21)20(3)17-11-9-16(10-12-17)19(2)13-18(19)15-7-5-4-6-8-15/h4-12,18H,13H2,1-3H3/t18-,19-/m1/s1. The molecule has 0 N–H and O–H groups in total. The summed E-state index contributed by atoms with van der Waals surface area (Å²) in [7, 11) is 1.81. The first kappa shape index (κ1) is 13.9. The summed E-state index contributed by atoms with van der Waals surface area (Å²) in [6, 6.07) is 19.1. The highest BCUT2D eigenvalue weighted by atomic mass is 16.2. The summed E-state index contributed by atoms with van der Waals surface area (Å²) < 4.78 is 0. The summed E-state index contributed by atoms with van der Waals surface area (Å²) in [5.74, 6) is 0.664. The Bertz CT molecular complexity index is 647. The van der Waals surface area contributed by atoms with E-state index in [1.807, 2.05) is 19.2 Å². The molecular weight excluding hydrogens is 258 g/mol. The Morgan fingerprint density at radius 2 is 1.71 bits per heavy atom. The average Bonchev–Trinajstić information content (AvgIpc) is 3.21. The maximum absolute atomic E-state index is 11.4. The highest BCUT2D eigenvalue weighted by molar-refractivity contribution is 5.90. The molecule has 0 unspecified atom stereocenters. The number of anilines is 1. The van der Waals surface area contributed by atoms with Gasteiger partial charge in [0.25, 0.3) is 0 Å². The van der Waals surface area contributed by atoms with E-state index in [2.05, 4.69) is 49.4 Å². The lowest BCUT2D eigenvalue weighted by atomic mass is 9.92. The molecule has 0 heterocycles. The van der Waals surface area contributed by atoms with Gasteiger partial charge in [0.05, 0.1) is 0 Å². The fourth-order valence-electron chi connectivity index (χ4n) is 3.10. The van der Waals surface area contributed by atoms with E-state index < -0.39 is 0 Å². The molecule has 0 spiro atoms. The second-order valence-electron chi connectivity index (χ2n) is 6.21. The molecule has 2 nitrogen and oxygen atoms in total. The van der Waals surface area contributed by atoms with Gasteiger partial charge in [0.15, 0.2) is 0 Å². The fraction of sp³-hybridized carbons (Fsp3) is 0.316. The van der Waals surface area contributed by atoms with Crippen LogP contribution in [0, 0.1) is 0 Å². The SMILES string of the molecule is CC(=O)N(C)c1ccc([C@@]2(C)C[C@@H]2c2ccccc2)cc1. The van der Waals surface area contributed by atoms with Crippen LogP contribution in [0.5, 0.6) is 0 Å². The van der Waals surface area contributed by atoms with E-state index in [4.69, 9.17) is 0 Å². The fourth-order valence-corrected chi connectivity index (χ4v) is 3.10. The Hall–Kier alpha value is -2.09. The molecule has 1 fully saturated rings. The van der Waals surface area contributed by atoms with E-state index in [-0.39, 0.29) is 11.3 Å². The first-order valence-electron chi connectivity index (χ1n) is 7.42. The summed E-state index contributed by atoms with van der Waals surface area (Å²) in [4.78, 5) is 13.1. The minimum absolute atomic E-state index is 0.0579. The highest BCUT2D eigenvalue weighted by Gasteiger charge is 2.51. The zero-order valence-corrected chi connectivity index (χ0v) is 12.8. The summed E-state index contributed by atoms with van der Waals surface area (Å²) in [5, 5.41) is 0. The summed E-state index contributed by atoms with van der Waals surface area (Å²) in [5.41, 5.74) is 3.96. The third kappa shape index (κ3) is 2.46. The lowest BCUT2D eigenvalue weighted by Crippen LogP contribution is -2.22. The van der Waals surface area contributed by atoms with Crippen molar-refractivity contribution in [3.8, 4) is 0 Å². The van der Waals surface area contributed by atoms with Crippen molar-refractivity contribution in [2.45, 2.75) is 31.6 Å². The molecular formula is C19H21NO. The minimum atomic E-state index is 0.0579. The molecule has 2 heteroatoms. The van der Waals surface area contributed by atoms with Crippen LogP contribution in [0.25, 0.3) is 0 Å². The smallest absolute Gasteiger partial charge is 0.223 e. The van der Waals surface area contributed by atoms with Gasteiger partial charge < -0.3 is 4.90 Å². The van der Waals surface area contributed by atoms with Crippen LogP contribution in [0.2, 0.25) is 0 Å². The number of amides is 1. The van der Waals surface area contributed by atoms with Gasteiger partial charge in [-0.05, 0) is 41.0 Å². The van der Waals surface area contributed by atoms with E-state index in [1.54, 1.807) is 11.8 Å². The second kappa shape index (κ2) is 5.03. The Kier molecular flexibility index (Phi) is 3.32. The number of carbonyl (C=O) groups is 1. The van der Waals surface area contributed by atoms with Crippen molar-refractivity contribution < 1.29 is 4.79 Å². The van der Waals surface area contributed by atoms with Crippen molar-refractivity contribution in [3.63, 3.8) is 0 Å². The van der Waals surface area contributed by atoms with Crippen LogP contribution in [0.1, 0.15) is 37.3 Å². The lowest BCUT2D eigenvalue weighted by molar-refractivity contribution is -0.116. The van der Waals surface area contributed by atoms with Crippen LogP contribution in [-0.2, 0) is 10.2 Å². The first-order valence-corrected chi connectivity index (χ1v) is 7.42. The Labute approximate surface area is 126 Å². The van der Waals surface area contributed by atoms with Gasteiger partial charge in [0.1, 0.15) is 0 Å². The molecule has 1 saturated carbocycles. The van der Waals surface area contributed by atoms with Crippen LogP contribution >= 0.6 is 0 Å². The number of benzene rings is 2. The number of hydrogen-bond donors (Lipinski definition) is 0. The van der Waals surface area contributed by atoms with Gasteiger partial charge in [-0.25, -0.2) is 0 Å². The van der Waals surface area contributed by atoms with E-state index in [1.165, 1.54) is 17.5 Å². The largest absolute Gasteiger partial charge is 0.316 e. The lowest BCUT2D eigenvalue weighted by Gasteiger charge is -2.17. The van der Waals surface area contributed by atoms with E-state index in [0.717, 1.165) is 5.69 Å². The number of carbonyl (C=O) groups excluding carboxylic acids is 1. The normalized spacial score (nSPS) is 23.7. The molecule has 0 saturated heterocycles. The maximum Gasteiger partial charge on any atom is 0.223 e. The summed E-state index contributed by atoms with van der Waals surface area (Å²) in [6.07, 6.45) is 1.19. The van der Waals surface area contributed by atoms with Crippen LogP contribution < -0.4 is 4.90 Å². The van der Waals surface area contributed by atoms with Crippen molar-refractivity contribution >= 4 is 11.6 Å². The van der Waals surface area contributed by atoms with Gasteiger partial charge in [0.2, 0.25) is 5.91 Å². The topological polar surface area (TPSA) is 20.3 Å². The number of rotatable bonds is 3. The van der Waals surface area contributed by atoms with E-state index in [0.29, 0.717) is 5.92 Å². The number of nitrogens with zero attached hydrogens (tertiary/aromatic N) is 1. The van der Waals surface area contributed by atoms with Gasteiger partial charge in [-0.2, -0.15) is 0 Å². The average molecular weight is 279 g/mol. The van der Waals surface area contributed by atoms with Crippen LogP contribution in [0.15, 0.2) is 54.6 Å². The zero-order valence-electron chi connectivity index (χ0n) is 12.8. The summed E-state index contributed by atoms with van der Waals surface area (Å²) >= 11 is 0. The molecule has 2 atom stereocenters. The van der Waals surface area contributed by atoms with Gasteiger partial charge in [-0.1, -0.05) is 49.4 Å². The van der Waals surface area contributed by atoms with Crippen molar-refractivity contribution in [2.24, 2.45) is 0 Å².